The van der Waals surface area contributed by atoms with Crippen LogP contribution in [0.1, 0.15) is 5.56 Å². The van der Waals surface area contributed by atoms with Crippen molar-refractivity contribution in [3.8, 4) is 5.75 Å². The fourth-order valence-corrected chi connectivity index (χ4v) is 4.37. The molecular weight excluding hydrogens is 429 g/mol. The number of hydrogen-bond acceptors (Lipinski definition) is 3. The van der Waals surface area contributed by atoms with E-state index in [0.29, 0.717) is 8.95 Å². The number of nitrogens with one attached hydrogen (secondary N) is 1. The molecule has 0 saturated carbocycles. The lowest BCUT2D eigenvalue weighted by Crippen LogP contribution is -2.14. The highest BCUT2D eigenvalue weighted by Gasteiger charge is 2.20. The van der Waals surface area contributed by atoms with Crippen LogP contribution in [0.2, 0.25) is 0 Å². The molecule has 0 saturated heterocycles. The number of benzene rings is 2. The van der Waals surface area contributed by atoms with Gasteiger partial charge in [0, 0.05) is 15.0 Å². The van der Waals surface area contributed by atoms with E-state index in [1.165, 1.54) is 6.07 Å². The zero-order valence-corrected chi connectivity index (χ0v) is 14.7. The summed E-state index contributed by atoms with van der Waals surface area (Å²) in [6.07, 6.45) is 0. The summed E-state index contributed by atoms with van der Waals surface area (Å²) in [5.41, 5.74) is 0.632. The van der Waals surface area contributed by atoms with Crippen LogP contribution in [0.4, 0.5) is 10.1 Å². The summed E-state index contributed by atoms with van der Waals surface area (Å²) in [6, 6.07) is 6.09. The lowest BCUT2D eigenvalue weighted by molar-refractivity contribution is 0.475. The fourth-order valence-electron chi connectivity index (χ4n) is 1.62. The van der Waals surface area contributed by atoms with Gasteiger partial charge in [-0.25, -0.2) is 12.8 Å². The lowest BCUT2D eigenvalue weighted by Gasteiger charge is -2.12. The number of phenols is 1. The Morgan fingerprint density at radius 2 is 1.81 bits per heavy atom. The second-order valence-electron chi connectivity index (χ2n) is 4.30. The average molecular weight is 439 g/mol. The largest absolute Gasteiger partial charge is 0.506 e. The first kappa shape index (κ1) is 16.3. The lowest BCUT2D eigenvalue weighted by atomic mass is 10.2. The standard InChI is InChI=1S/C13H10Br2FNO3S/c1-7-4-10(15)13(6-9(7)14)21(19,20)17-11-5-8(16)2-3-12(11)18/h2-6,17-18H,1H3. The number of rotatable bonds is 3. The van der Waals surface area contributed by atoms with Gasteiger partial charge in [-0.05, 0) is 52.7 Å². The number of sulfonamides is 1. The van der Waals surface area contributed by atoms with Gasteiger partial charge in [-0.15, -0.1) is 0 Å². The second kappa shape index (κ2) is 5.94. The molecule has 0 spiro atoms. The number of anilines is 1. The molecule has 8 heteroatoms. The number of halogens is 3. The van der Waals surface area contributed by atoms with Gasteiger partial charge >= 0.3 is 0 Å². The van der Waals surface area contributed by atoms with E-state index in [1.807, 2.05) is 6.92 Å². The SMILES string of the molecule is Cc1cc(Br)c(S(=O)(=O)Nc2cc(F)ccc2O)cc1Br. The summed E-state index contributed by atoms with van der Waals surface area (Å²) in [4.78, 5) is -0.0244. The van der Waals surface area contributed by atoms with Crippen molar-refractivity contribution in [3.05, 3.63) is 50.7 Å². The zero-order valence-electron chi connectivity index (χ0n) is 10.7. The van der Waals surface area contributed by atoms with E-state index < -0.39 is 15.8 Å². The van der Waals surface area contributed by atoms with Crippen LogP contribution in [0.25, 0.3) is 0 Å². The fraction of sp³-hybridized carbons (Fsp3) is 0.0769. The molecule has 2 rings (SSSR count). The molecule has 0 unspecified atom stereocenters. The van der Waals surface area contributed by atoms with Crippen LogP contribution in [-0.4, -0.2) is 13.5 Å². The Labute approximate surface area is 138 Å². The van der Waals surface area contributed by atoms with Crippen molar-refractivity contribution in [1.29, 1.82) is 0 Å². The molecule has 0 fully saturated rings. The molecule has 0 atom stereocenters. The predicted molar refractivity (Wildman–Crippen MR) is 85.5 cm³/mol. The van der Waals surface area contributed by atoms with Gasteiger partial charge in [0.05, 0.1) is 5.69 Å². The Bertz CT molecular complexity index is 809. The molecule has 0 aromatic heterocycles. The first-order valence-electron chi connectivity index (χ1n) is 5.67. The van der Waals surface area contributed by atoms with Crippen molar-refractivity contribution in [2.45, 2.75) is 11.8 Å². The van der Waals surface area contributed by atoms with Gasteiger partial charge in [0.2, 0.25) is 0 Å². The number of phenolic OH excluding ortho intramolecular Hbond substituents is 1. The van der Waals surface area contributed by atoms with Crippen LogP contribution in [0.3, 0.4) is 0 Å². The molecule has 0 bridgehead atoms. The van der Waals surface area contributed by atoms with Crippen LogP contribution in [0.5, 0.6) is 5.75 Å². The third-order valence-electron chi connectivity index (χ3n) is 2.71. The van der Waals surface area contributed by atoms with E-state index in [2.05, 4.69) is 36.6 Å². The van der Waals surface area contributed by atoms with Crippen molar-refractivity contribution >= 4 is 47.6 Å². The monoisotopic (exact) mass is 437 g/mol. The molecule has 0 amide bonds. The van der Waals surface area contributed by atoms with Crippen LogP contribution in [-0.2, 0) is 10.0 Å². The molecule has 0 radical (unpaired) electrons. The Morgan fingerprint density at radius 3 is 2.48 bits per heavy atom. The predicted octanol–water partition coefficient (Wildman–Crippen LogP) is 4.17. The number of aromatic hydroxyl groups is 1. The first-order chi connectivity index (χ1) is 9.70. The normalized spacial score (nSPS) is 11.4. The van der Waals surface area contributed by atoms with Gasteiger partial charge in [-0.2, -0.15) is 0 Å². The van der Waals surface area contributed by atoms with E-state index >= 15 is 0 Å². The smallest absolute Gasteiger partial charge is 0.263 e. The van der Waals surface area contributed by atoms with E-state index in [1.54, 1.807) is 6.07 Å². The van der Waals surface area contributed by atoms with Crippen molar-refractivity contribution < 1.29 is 17.9 Å². The van der Waals surface area contributed by atoms with E-state index in [9.17, 15) is 17.9 Å². The average Bonchev–Trinajstić information content (AvgIpc) is 2.37. The van der Waals surface area contributed by atoms with Crippen LogP contribution in [0.15, 0.2) is 44.2 Å². The van der Waals surface area contributed by atoms with Crippen LogP contribution < -0.4 is 4.72 Å². The van der Waals surface area contributed by atoms with E-state index in [0.717, 1.165) is 23.8 Å². The third-order valence-corrected chi connectivity index (χ3v) is 5.88. The van der Waals surface area contributed by atoms with Gasteiger partial charge in [0.15, 0.2) is 0 Å². The maximum atomic E-state index is 13.2. The van der Waals surface area contributed by atoms with Crippen molar-refractivity contribution in [2.75, 3.05) is 4.72 Å². The maximum Gasteiger partial charge on any atom is 0.263 e. The van der Waals surface area contributed by atoms with Crippen LogP contribution in [0, 0.1) is 12.7 Å². The Morgan fingerprint density at radius 1 is 1.14 bits per heavy atom. The number of aryl methyl sites for hydroxylation is 1. The minimum Gasteiger partial charge on any atom is -0.506 e. The molecule has 2 aromatic rings. The molecule has 2 aromatic carbocycles. The van der Waals surface area contributed by atoms with Crippen molar-refractivity contribution in [3.63, 3.8) is 0 Å². The molecule has 112 valence electrons. The van der Waals surface area contributed by atoms with E-state index in [4.69, 9.17) is 0 Å². The Hall–Kier alpha value is -1.12. The summed E-state index contributed by atoms with van der Waals surface area (Å²) in [5.74, 6) is -1.02. The summed E-state index contributed by atoms with van der Waals surface area (Å²) in [7, 11) is -3.98. The highest BCUT2D eigenvalue weighted by atomic mass is 79.9. The zero-order chi connectivity index (χ0) is 15.8. The van der Waals surface area contributed by atoms with E-state index in [-0.39, 0.29) is 16.3 Å². The topological polar surface area (TPSA) is 66.4 Å². The molecule has 0 heterocycles. The second-order valence-corrected chi connectivity index (χ2v) is 7.66. The Kier molecular flexibility index (Phi) is 4.60. The molecule has 2 N–H and O–H groups in total. The minimum atomic E-state index is -3.98. The number of hydrogen-bond donors (Lipinski definition) is 2. The Balaban J connectivity index is 2.48. The molecule has 21 heavy (non-hydrogen) atoms. The van der Waals surface area contributed by atoms with Gasteiger partial charge in [0.25, 0.3) is 10.0 Å². The molecule has 0 aliphatic rings. The highest BCUT2D eigenvalue weighted by Crippen LogP contribution is 2.32. The van der Waals surface area contributed by atoms with Gasteiger partial charge < -0.3 is 5.11 Å². The van der Waals surface area contributed by atoms with Crippen molar-refractivity contribution in [1.82, 2.24) is 0 Å². The molecule has 4 nitrogen and oxygen atoms in total. The molecule has 0 aliphatic heterocycles. The van der Waals surface area contributed by atoms with Gasteiger partial charge in [0.1, 0.15) is 16.5 Å². The highest BCUT2D eigenvalue weighted by molar-refractivity contribution is 9.11. The third kappa shape index (κ3) is 3.56. The molecular formula is C13H10Br2FNO3S. The van der Waals surface area contributed by atoms with Crippen molar-refractivity contribution in [2.24, 2.45) is 0 Å². The first-order valence-corrected chi connectivity index (χ1v) is 8.74. The maximum absolute atomic E-state index is 13.2. The minimum absolute atomic E-state index is 0.0244. The summed E-state index contributed by atoms with van der Waals surface area (Å²) < 4.78 is 41.0. The van der Waals surface area contributed by atoms with Crippen LogP contribution >= 0.6 is 31.9 Å². The summed E-state index contributed by atoms with van der Waals surface area (Å²) >= 11 is 6.45. The van der Waals surface area contributed by atoms with Gasteiger partial charge in [-0.3, -0.25) is 4.72 Å². The quantitative estimate of drug-likeness (QED) is 0.707. The molecule has 0 aliphatic carbocycles. The van der Waals surface area contributed by atoms with Gasteiger partial charge in [-0.1, -0.05) is 15.9 Å². The summed E-state index contributed by atoms with van der Waals surface area (Å²) in [5, 5.41) is 9.60. The summed E-state index contributed by atoms with van der Waals surface area (Å²) in [6.45, 7) is 1.82.